The van der Waals surface area contributed by atoms with Crippen molar-refractivity contribution in [1.29, 1.82) is 0 Å². The van der Waals surface area contributed by atoms with Crippen molar-refractivity contribution in [2.75, 3.05) is 6.61 Å². The lowest BCUT2D eigenvalue weighted by atomic mass is 9.88. The monoisotopic (exact) mass is 370 g/mol. The molecular formula is C20H34O6. The molecule has 4 unspecified atom stereocenters. The molecule has 0 radical (unpaired) electrons. The van der Waals surface area contributed by atoms with Gasteiger partial charge in [0.15, 0.2) is 0 Å². The first-order chi connectivity index (χ1) is 12.5. The maximum atomic E-state index is 12.1. The molecule has 0 amide bonds. The summed E-state index contributed by atoms with van der Waals surface area (Å²) < 4.78 is 0. The van der Waals surface area contributed by atoms with Gasteiger partial charge in [-0.3, -0.25) is 9.59 Å². The summed E-state index contributed by atoms with van der Waals surface area (Å²) in [5.74, 6) is -1.15. The fraction of sp³-hybridized carbons (Fsp3) is 0.800. The van der Waals surface area contributed by atoms with Gasteiger partial charge in [0.1, 0.15) is 5.78 Å². The van der Waals surface area contributed by atoms with Crippen LogP contribution in [0.15, 0.2) is 12.2 Å². The van der Waals surface area contributed by atoms with E-state index in [9.17, 15) is 19.8 Å². The van der Waals surface area contributed by atoms with E-state index in [1.165, 1.54) is 0 Å². The van der Waals surface area contributed by atoms with Crippen molar-refractivity contribution in [1.82, 2.24) is 0 Å². The lowest BCUT2D eigenvalue weighted by molar-refractivity contribution is -0.137. The standard InChI is InChI=1S/C20H34O6/c21-13-7-3-4-8-15(22)11-12-17-16(18(23)14-19(17)24)9-5-1-2-6-10-20(25)26/h11-12,15-17,19,21-22,24H,1-10,13-14H2,(H,25,26)/b12-11+. The van der Waals surface area contributed by atoms with Crippen LogP contribution < -0.4 is 0 Å². The summed E-state index contributed by atoms with van der Waals surface area (Å²) in [6.07, 6.45) is 9.53. The number of carboxylic acids is 1. The molecule has 6 heteroatoms. The van der Waals surface area contributed by atoms with Crippen molar-refractivity contribution in [3.8, 4) is 0 Å². The van der Waals surface area contributed by atoms with E-state index in [4.69, 9.17) is 10.2 Å². The number of Topliss-reactive ketones (excluding diaryl/α,β-unsaturated/α-hetero) is 1. The summed E-state index contributed by atoms with van der Waals surface area (Å²) in [4.78, 5) is 22.6. The first-order valence-electron chi connectivity index (χ1n) is 9.85. The Hall–Kier alpha value is -1.24. The highest BCUT2D eigenvalue weighted by molar-refractivity contribution is 5.84. The molecule has 0 bridgehead atoms. The largest absolute Gasteiger partial charge is 0.481 e. The topological polar surface area (TPSA) is 115 Å². The first-order valence-corrected chi connectivity index (χ1v) is 9.85. The molecule has 26 heavy (non-hydrogen) atoms. The highest BCUT2D eigenvalue weighted by Gasteiger charge is 2.39. The summed E-state index contributed by atoms with van der Waals surface area (Å²) in [5.41, 5.74) is 0. The van der Waals surface area contributed by atoms with Gasteiger partial charge >= 0.3 is 5.97 Å². The first kappa shape index (κ1) is 22.8. The Morgan fingerprint density at radius 3 is 2.50 bits per heavy atom. The van der Waals surface area contributed by atoms with Crippen LogP contribution in [0.5, 0.6) is 0 Å². The Morgan fingerprint density at radius 1 is 1.12 bits per heavy atom. The van der Waals surface area contributed by atoms with E-state index in [0.717, 1.165) is 38.5 Å². The van der Waals surface area contributed by atoms with Gasteiger partial charge in [0.05, 0.1) is 12.2 Å². The van der Waals surface area contributed by atoms with Crippen LogP contribution in [0.4, 0.5) is 0 Å². The molecule has 1 fully saturated rings. The maximum Gasteiger partial charge on any atom is 0.303 e. The fourth-order valence-corrected chi connectivity index (χ4v) is 3.58. The molecule has 4 N–H and O–H groups in total. The Balaban J connectivity index is 2.37. The zero-order valence-corrected chi connectivity index (χ0v) is 15.6. The minimum absolute atomic E-state index is 0.0788. The maximum absolute atomic E-state index is 12.1. The second-order valence-electron chi connectivity index (χ2n) is 7.29. The molecule has 0 heterocycles. The predicted octanol–water partition coefficient (Wildman–Crippen LogP) is 2.45. The number of aliphatic carboxylic acids is 1. The van der Waals surface area contributed by atoms with Gasteiger partial charge in [-0.15, -0.1) is 0 Å². The van der Waals surface area contributed by atoms with Crippen molar-refractivity contribution >= 4 is 11.8 Å². The number of rotatable bonds is 14. The Kier molecular flexibility index (Phi) is 11.4. The lowest BCUT2D eigenvalue weighted by Gasteiger charge is -2.18. The summed E-state index contributed by atoms with van der Waals surface area (Å²) in [6, 6.07) is 0. The van der Waals surface area contributed by atoms with Crippen LogP contribution in [0.1, 0.15) is 70.6 Å². The number of carbonyl (C=O) groups excluding carboxylic acids is 1. The third-order valence-corrected chi connectivity index (χ3v) is 5.10. The van der Waals surface area contributed by atoms with E-state index in [1.807, 2.05) is 0 Å². The van der Waals surface area contributed by atoms with Crippen LogP contribution in [-0.2, 0) is 9.59 Å². The molecule has 0 aromatic carbocycles. The minimum atomic E-state index is -0.779. The quantitative estimate of drug-likeness (QED) is 0.276. The Morgan fingerprint density at radius 2 is 1.81 bits per heavy atom. The molecule has 1 aliphatic carbocycles. The van der Waals surface area contributed by atoms with Gasteiger partial charge in [0.25, 0.3) is 0 Å². The van der Waals surface area contributed by atoms with Crippen LogP contribution in [0.2, 0.25) is 0 Å². The fourth-order valence-electron chi connectivity index (χ4n) is 3.58. The van der Waals surface area contributed by atoms with Crippen LogP contribution >= 0.6 is 0 Å². The molecule has 0 aliphatic heterocycles. The van der Waals surface area contributed by atoms with Gasteiger partial charge in [-0.05, 0) is 25.7 Å². The smallest absolute Gasteiger partial charge is 0.303 e. The SMILES string of the molecule is O=C(O)CCCCCCC1C(=O)CC(O)C1/C=C/C(O)CCCCCO. The molecule has 6 nitrogen and oxygen atoms in total. The molecule has 1 aliphatic rings. The van der Waals surface area contributed by atoms with Crippen LogP contribution in [-0.4, -0.2) is 51.0 Å². The van der Waals surface area contributed by atoms with Crippen LogP contribution in [0.25, 0.3) is 0 Å². The lowest BCUT2D eigenvalue weighted by Crippen LogP contribution is -2.19. The molecule has 0 aromatic heterocycles. The van der Waals surface area contributed by atoms with E-state index < -0.39 is 18.2 Å². The Bertz CT molecular complexity index is 448. The number of carboxylic acid groups (broad SMARTS) is 1. The third kappa shape index (κ3) is 8.92. The highest BCUT2D eigenvalue weighted by atomic mass is 16.4. The van der Waals surface area contributed by atoms with Gasteiger partial charge < -0.3 is 20.4 Å². The van der Waals surface area contributed by atoms with E-state index >= 15 is 0 Å². The van der Waals surface area contributed by atoms with Crippen molar-refractivity contribution in [2.45, 2.75) is 82.8 Å². The zero-order chi connectivity index (χ0) is 19.4. The van der Waals surface area contributed by atoms with E-state index in [2.05, 4.69) is 0 Å². The molecule has 0 spiro atoms. The zero-order valence-electron chi connectivity index (χ0n) is 15.6. The number of ketones is 1. The Labute approximate surface area is 155 Å². The van der Waals surface area contributed by atoms with Gasteiger partial charge in [-0.25, -0.2) is 0 Å². The molecule has 1 rings (SSSR count). The van der Waals surface area contributed by atoms with Crippen molar-refractivity contribution in [3.05, 3.63) is 12.2 Å². The normalized spacial score (nSPS) is 24.4. The number of hydrogen-bond acceptors (Lipinski definition) is 5. The van der Waals surface area contributed by atoms with Crippen molar-refractivity contribution < 1.29 is 30.0 Å². The summed E-state index contributed by atoms with van der Waals surface area (Å²) >= 11 is 0. The second-order valence-corrected chi connectivity index (χ2v) is 7.29. The number of unbranched alkanes of at least 4 members (excludes halogenated alkanes) is 5. The highest BCUT2D eigenvalue weighted by Crippen LogP contribution is 2.34. The number of carbonyl (C=O) groups is 2. The van der Waals surface area contributed by atoms with Gasteiger partial charge in [-0.1, -0.05) is 44.3 Å². The van der Waals surface area contributed by atoms with E-state index in [1.54, 1.807) is 12.2 Å². The molecule has 4 atom stereocenters. The molecule has 0 aromatic rings. The molecule has 1 saturated carbocycles. The molecular weight excluding hydrogens is 336 g/mol. The third-order valence-electron chi connectivity index (χ3n) is 5.10. The second kappa shape index (κ2) is 13.0. The minimum Gasteiger partial charge on any atom is -0.481 e. The van der Waals surface area contributed by atoms with Gasteiger partial charge in [0.2, 0.25) is 0 Å². The summed E-state index contributed by atoms with van der Waals surface area (Å²) in [7, 11) is 0. The van der Waals surface area contributed by atoms with Crippen molar-refractivity contribution in [2.24, 2.45) is 11.8 Å². The number of aliphatic hydroxyl groups is 3. The van der Waals surface area contributed by atoms with Crippen LogP contribution in [0, 0.1) is 11.8 Å². The van der Waals surface area contributed by atoms with Gasteiger partial charge in [0, 0.05) is 31.3 Å². The van der Waals surface area contributed by atoms with Crippen molar-refractivity contribution in [3.63, 3.8) is 0 Å². The van der Waals surface area contributed by atoms with Crippen LogP contribution in [0.3, 0.4) is 0 Å². The average molecular weight is 370 g/mol. The predicted molar refractivity (Wildman–Crippen MR) is 98.6 cm³/mol. The summed E-state index contributed by atoms with van der Waals surface area (Å²) in [5, 5.41) is 37.5. The number of hydrogen-bond donors (Lipinski definition) is 4. The number of aliphatic hydroxyl groups excluding tert-OH is 3. The average Bonchev–Trinajstić information content (AvgIpc) is 2.85. The summed E-state index contributed by atoms with van der Waals surface area (Å²) in [6.45, 7) is 0.167. The van der Waals surface area contributed by atoms with Gasteiger partial charge in [-0.2, -0.15) is 0 Å². The van der Waals surface area contributed by atoms with E-state index in [0.29, 0.717) is 19.3 Å². The van der Waals surface area contributed by atoms with E-state index in [-0.39, 0.29) is 37.1 Å². The molecule has 0 saturated heterocycles. The molecule has 150 valence electrons.